The van der Waals surface area contributed by atoms with Gasteiger partial charge in [-0.15, -0.1) is 26.3 Å². The van der Waals surface area contributed by atoms with Gasteiger partial charge in [0.25, 0.3) is 0 Å². The highest BCUT2D eigenvalue weighted by Gasteiger charge is 2.61. The number of ether oxygens (including phenoxy) is 9. The Morgan fingerprint density at radius 1 is 0.267 bits per heavy atom. The molecule has 0 saturated heterocycles. The van der Waals surface area contributed by atoms with Crippen LogP contribution in [0, 0.1) is 65.1 Å². The highest BCUT2D eigenvalue weighted by atomic mass is 16.5. The number of hydrogen-bond acceptors (Lipinski definition) is 9. The lowest BCUT2D eigenvalue weighted by atomic mass is 9.52. The zero-order valence-corrected chi connectivity index (χ0v) is 57.6. The van der Waals surface area contributed by atoms with Crippen molar-refractivity contribution >= 4 is 0 Å². The van der Waals surface area contributed by atoms with Crippen molar-refractivity contribution in [3.05, 3.63) is 50.6 Å². The summed E-state index contributed by atoms with van der Waals surface area (Å²) in [6.07, 6.45) is 55.7. The third-order valence-electron chi connectivity index (χ3n) is 23.9. The third-order valence-corrected chi connectivity index (χ3v) is 23.9. The molecule has 86 heavy (non-hydrogen) atoms. The second-order valence-corrected chi connectivity index (χ2v) is 28.3. The SMILES string of the molecule is C=CCCCCCCCCC1C2CC(C(OC)CC2OC)C(CCCCCCCCC=C)C2CC(C(OC)CC2OC)C(CCCCCCCCC=C)(OC)C2CC(C(OC)CC2OC)C(CCCCCCCCC=C)C2CC1C(OC)CC2OC. The summed E-state index contributed by atoms with van der Waals surface area (Å²) >= 11 is 0. The molecule has 0 radical (unpaired) electrons. The lowest BCUT2D eigenvalue weighted by Gasteiger charge is -2.59. The van der Waals surface area contributed by atoms with E-state index in [2.05, 4.69) is 57.7 Å². The molecule has 9 heteroatoms. The van der Waals surface area contributed by atoms with E-state index in [0.29, 0.717) is 53.3 Å². The van der Waals surface area contributed by atoms with Gasteiger partial charge in [-0.1, -0.05) is 153 Å². The highest BCUT2D eigenvalue weighted by Crippen LogP contribution is 2.59. The monoisotopic (exact) mass is 1210 g/mol. The number of rotatable bonds is 45. The van der Waals surface area contributed by atoms with Crippen molar-refractivity contribution in [2.24, 2.45) is 65.1 Å². The van der Waals surface area contributed by atoms with Crippen molar-refractivity contribution in [2.45, 2.75) is 311 Å². The first-order chi connectivity index (χ1) is 42.2. The molecule has 0 aliphatic heterocycles. The second-order valence-electron chi connectivity index (χ2n) is 28.3. The van der Waals surface area contributed by atoms with Crippen molar-refractivity contribution in [2.75, 3.05) is 64.0 Å². The molecule has 5 rings (SSSR count). The van der Waals surface area contributed by atoms with E-state index in [4.69, 9.17) is 42.6 Å². The molecule has 0 aromatic carbocycles. The summed E-state index contributed by atoms with van der Waals surface area (Å²) in [6, 6.07) is 0. The molecule has 0 heterocycles. The summed E-state index contributed by atoms with van der Waals surface area (Å²) < 4.78 is 63.1. The van der Waals surface area contributed by atoms with Crippen LogP contribution in [0.3, 0.4) is 0 Å². The first-order valence-corrected chi connectivity index (χ1v) is 36.4. The van der Waals surface area contributed by atoms with Gasteiger partial charge >= 0.3 is 0 Å². The van der Waals surface area contributed by atoms with E-state index in [1.165, 1.54) is 167 Å². The lowest BCUT2D eigenvalue weighted by molar-refractivity contribution is -0.228. The topological polar surface area (TPSA) is 83.1 Å². The Bertz CT molecular complexity index is 1660. The highest BCUT2D eigenvalue weighted by molar-refractivity contribution is 5.10. The molecular weight excluding hydrogens is 1070 g/mol. The molecule has 18 atom stereocenters. The number of fused-ring (bicyclic) bond motifs is 8. The molecule has 5 aliphatic rings. The van der Waals surface area contributed by atoms with Crippen LogP contribution in [0.4, 0.5) is 0 Å². The van der Waals surface area contributed by atoms with Gasteiger partial charge in [0.2, 0.25) is 0 Å². The molecule has 0 spiro atoms. The van der Waals surface area contributed by atoms with Crippen molar-refractivity contribution in [3.63, 3.8) is 0 Å². The average molecular weight is 1210 g/mol. The third kappa shape index (κ3) is 21.9. The number of hydrogen-bond donors (Lipinski definition) is 0. The van der Waals surface area contributed by atoms with E-state index in [9.17, 15) is 0 Å². The molecule has 5 aliphatic carbocycles. The van der Waals surface area contributed by atoms with Gasteiger partial charge in [-0.3, -0.25) is 0 Å². The van der Waals surface area contributed by atoms with Gasteiger partial charge < -0.3 is 42.6 Å². The van der Waals surface area contributed by atoms with E-state index in [0.717, 1.165) is 89.9 Å². The van der Waals surface area contributed by atoms with Crippen LogP contribution >= 0.6 is 0 Å². The standard InChI is InChI=1S/C77H138O9/c1-14-18-22-26-30-34-38-42-46-58-61-50-63(71(80-7)54-69(61)78-5)59(47-43-39-35-31-27-23-19-15-2)65-52-67(75(84-11)56-73(65)82-9)77(86-13,49-45-41-37-33-29-25-21-17-4)68-53-66(74(83-10)57-76(68)85-12)60(48-44-40-36-32-28-24-20-16-3)64-51-62(58)70(79-6)55-72(64)81-8/h14-17,58-76H,1-4,18-57H2,5-13H3. The molecule has 8 bridgehead atoms. The zero-order valence-electron chi connectivity index (χ0n) is 57.6. The minimum Gasteiger partial charge on any atom is -0.381 e. The normalized spacial score (nSPS) is 34.8. The van der Waals surface area contributed by atoms with Gasteiger partial charge in [-0.2, -0.15) is 0 Å². The fraction of sp³-hybridized carbons (Fsp3) is 0.896. The van der Waals surface area contributed by atoms with E-state index < -0.39 is 5.60 Å². The maximum absolute atomic E-state index is 7.64. The maximum Gasteiger partial charge on any atom is 0.0784 e. The Morgan fingerprint density at radius 2 is 0.488 bits per heavy atom. The van der Waals surface area contributed by atoms with Gasteiger partial charge in [0.15, 0.2) is 0 Å². The summed E-state index contributed by atoms with van der Waals surface area (Å²) in [6.45, 7) is 16.0. The lowest BCUT2D eigenvalue weighted by Crippen LogP contribution is -2.62. The fourth-order valence-corrected chi connectivity index (χ4v) is 19.4. The number of allylic oxidation sites excluding steroid dienone is 4. The number of methoxy groups -OCH3 is 9. The molecule has 18 unspecified atom stereocenters. The summed E-state index contributed by atoms with van der Waals surface area (Å²) in [5, 5.41) is 0. The Kier molecular flexibility index (Phi) is 38.0. The Hall–Kier alpha value is -1.40. The number of unbranched alkanes of at least 4 members (excludes halogenated alkanes) is 24. The summed E-state index contributed by atoms with van der Waals surface area (Å²) in [7, 11) is 18.1. The molecular formula is C77H138O9. The van der Waals surface area contributed by atoms with Crippen LogP contribution in [-0.4, -0.2) is 118 Å². The van der Waals surface area contributed by atoms with Crippen molar-refractivity contribution in [1.29, 1.82) is 0 Å². The van der Waals surface area contributed by atoms with Crippen LogP contribution < -0.4 is 0 Å². The molecule has 5 saturated carbocycles. The first kappa shape index (κ1) is 75.3. The molecule has 500 valence electrons. The Morgan fingerprint density at radius 3 is 0.733 bits per heavy atom. The van der Waals surface area contributed by atoms with Gasteiger partial charge in [0, 0.05) is 102 Å². The molecule has 0 aromatic rings. The molecule has 0 amide bonds. The first-order valence-electron chi connectivity index (χ1n) is 36.4. The van der Waals surface area contributed by atoms with E-state index in [1.807, 2.05) is 56.9 Å². The zero-order chi connectivity index (χ0) is 61.9. The largest absolute Gasteiger partial charge is 0.381 e. The molecule has 9 nitrogen and oxygen atoms in total. The maximum atomic E-state index is 7.64. The van der Waals surface area contributed by atoms with Crippen molar-refractivity contribution in [3.8, 4) is 0 Å². The van der Waals surface area contributed by atoms with Crippen LogP contribution in [0.2, 0.25) is 0 Å². The quantitative estimate of drug-likeness (QED) is 0.0437. The van der Waals surface area contributed by atoms with Crippen LogP contribution in [0.25, 0.3) is 0 Å². The Balaban J connectivity index is 1.75. The minimum absolute atomic E-state index is 0.0203. The minimum atomic E-state index is -0.494. The predicted octanol–water partition coefficient (Wildman–Crippen LogP) is 19.7. The Labute approximate surface area is 531 Å². The summed E-state index contributed by atoms with van der Waals surface area (Å²) in [4.78, 5) is 0. The van der Waals surface area contributed by atoms with Gasteiger partial charge in [0.05, 0.1) is 54.4 Å². The molecule has 0 aromatic heterocycles. The van der Waals surface area contributed by atoms with E-state index in [1.54, 1.807) is 0 Å². The fourth-order valence-electron chi connectivity index (χ4n) is 19.4. The summed E-state index contributed by atoms with van der Waals surface area (Å²) in [5.74, 6) is 3.62. The van der Waals surface area contributed by atoms with E-state index in [-0.39, 0.29) is 60.7 Å². The smallest absolute Gasteiger partial charge is 0.0784 e. The van der Waals surface area contributed by atoms with Gasteiger partial charge in [-0.05, 0) is 156 Å². The van der Waals surface area contributed by atoms with Crippen molar-refractivity contribution in [1.82, 2.24) is 0 Å². The summed E-state index contributed by atoms with van der Waals surface area (Å²) in [5.41, 5.74) is -0.494. The van der Waals surface area contributed by atoms with E-state index >= 15 is 0 Å². The predicted molar refractivity (Wildman–Crippen MR) is 360 cm³/mol. The van der Waals surface area contributed by atoms with Gasteiger partial charge in [-0.25, -0.2) is 0 Å². The van der Waals surface area contributed by atoms with Gasteiger partial charge in [0.1, 0.15) is 0 Å². The van der Waals surface area contributed by atoms with Crippen molar-refractivity contribution < 1.29 is 42.6 Å². The van der Waals surface area contributed by atoms with Crippen LogP contribution in [0.1, 0.15) is 257 Å². The molecule has 0 N–H and O–H groups in total. The van der Waals surface area contributed by atoms with Crippen LogP contribution in [-0.2, 0) is 42.6 Å². The molecule has 5 fully saturated rings. The average Bonchev–Trinajstić information content (AvgIpc) is 0.779. The van der Waals surface area contributed by atoms with Crippen LogP contribution in [0.15, 0.2) is 50.6 Å². The second kappa shape index (κ2) is 43.4. The van der Waals surface area contributed by atoms with Crippen LogP contribution in [0.5, 0.6) is 0 Å².